The van der Waals surface area contributed by atoms with Gasteiger partial charge in [0.05, 0.1) is 13.2 Å². The first kappa shape index (κ1) is 23.5. The maximum atomic E-state index is 13.0. The van der Waals surface area contributed by atoms with E-state index in [2.05, 4.69) is 13.2 Å². The lowest BCUT2D eigenvalue weighted by molar-refractivity contribution is -0.112. The minimum absolute atomic E-state index is 0.0269. The fourth-order valence-corrected chi connectivity index (χ4v) is 3.64. The van der Waals surface area contributed by atoms with Crippen LogP contribution >= 0.6 is 0 Å². The van der Waals surface area contributed by atoms with Crippen LogP contribution in [-0.4, -0.2) is 48.3 Å². The highest BCUT2D eigenvalue weighted by Gasteiger charge is 2.34. The molecule has 5 nitrogen and oxygen atoms in total. The number of allylic oxidation sites excluding steroid dienone is 3. The molecule has 0 spiro atoms. The summed E-state index contributed by atoms with van der Waals surface area (Å²) in [5, 5.41) is 10.5. The number of carbonyl (C=O) groups excluding carboxylic acids is 2. The summed E-state index contributed by atoms with van der Waals surface area (Å²) in [5.74, 6) is -0.251. The number of Topliss-reactive ketones (excluding diaryl/α,β-unsaturated/α-hetero) is 2. The Labute approximate surface area is 178 Å². The van der Waals surface area contributed by atoms with Crippen LogP contribution in [-0.2, 0) is 9.53 Å². The molecular weight excluding hydrogens is 378 g/mol. The molecule has 2 rings (SSSR count). The predicted octanol–water partition coefficient (Wildman–Crippen LogP) is 2.57. The van der Waals surface area contributed by atoms with Gasteiger partial charge in [-0.05, 0) is 49.4 Å². The monoisotopic (exact) mass is 409 g/mol. The van der Waals surface area contributed by atoms with Crippen molar-refractivity contribution in [2.45, 2.75) is 33.6 Å². The third-order valence-electron chi connectivity index (χ3n) is 5.05. The van der Waals surface area contributed by atoms with E-state index < -0.39 is 11.6 Å². The first-order valence-corrected chi connectivity index (χ1v) is 10.2. The number of ether oxygens (including phenoxy) is 1. The van der Waals surface area contributed by atoms with Gasteiger partial charge in [0.25, 0.3) is 0 Å². The van der Waals surface area contributed by atoms with Crippen molar-refractivity contribution < 1.29 is 19.4 Å². The lowest BCUT2D eigenvalue weighted by atomic mass is 9.84. The molecular formula is C25H31NO4. The number of hydrogen-bond donors (Lipinski definition) is 1. The SMILES string of the molecule is C=C(CN(C)CCO)OC1=C(CCC)C(=O)C(=O)c2c1cc/c(=C(C)/C=C\C)c2=C. The molecule has 0 heterocycles. The predicted molar refractivity (Wildman–Crippen MR) is 121 cm³/mol. The molecule has 1 aromatic rings. The third-order valence-corrected chi connectivity index (χ3v) is 5.05. The van der Waals surface area contributed by atoms with E-state index in [4.69, 9.17) is 9.84 Å². The molecule has 0 saturated heterocycles. The van der Waals surface area contributed by atoms with Crippen LogP contribution in [0.25, 0.3) is 17.9 Å². The smallest absolute Gasteiger partial charge is 0.234 e. The number of fused-ring (bicyclic) bond motifs is 1. The zero-order chi connectivity index (χ0) is 22.4. The number of ketones is 2. The van der Waals surface area contributed by atoms with Gasteiger partial charge in [-0.2, -0.15) is 0 Å². The van der Waals surface area contributed by atoms with Gasteiger partial charge in [-0.1, -0.05) is 44.7 Å². The minimum atomic E-state index is -0.540. The largest absolute Gasteiger partial charge is 0.460 e. The van der Waals surface area contributed by atoms with Crippen LogP contribution in [0.5, 0.6) is 0 Å². The summed E-state index contributed by atoms with van der Waals surface area (Å²) in [7, 11) is 1.84. The second-order valence-electron chi connectivity index (χ2n) is 7.52. The third kappa shape index (κ3) is 4.86. The highest BCUT2D eigenvalue weighted by molar-refractivity contribution is 6.52. The van der Waals surface area contributed by atoms with Crippen LogP contribution in [0.1, 0.15) is 49.5 Å². The molecule has 160 valence electrons. The molecule has 5 heteroatoms. The van der Waals surface area contributed by atoms with Gasteiger partial charge >= 0.3 is 0 Å². The summed E-state index contributed by atoms with van der Waals surface area (Å²) in [5.41, 5.74) is 2.22. The number of likely N-dealkylation sites (N-methyl/N-ethyl adjacent to an activating group) is 1. The summed E-state index contributed by atoms with van der Waals surface area (Å²) in [6, 6.07) is 3.74. The summed E-state index contributed by atoms with van der Waals surface area (Å²) < 4.78 is 6.06. The van der Waals surface area contributed by atoms with Crippen LogP contribution in [0, 0.1) is 0 Å². The van der Waals surface area contributed by atoms with Crippen LogP contribution in [0.15, 0.2) is 42.2 Å². The topological polar surface area (TPSA) is 66.8 Å². The van der Waals surface area contributed by atoms with Crippen LogP contribution in [0.2, 0.25) is 0 Å². The number of aliphatic hydroxyl groups excluding tert-OH is 1. The molecule has 1 N–H and O–H groups in total. The van der Waals surface area contributed by atoms with E-state index in [9.17, 15) is 9.59 Å². The second kappa shape index (κ2) is 10.3. The molecule has 0 aliphatic heterocycles. The van der Waals surface area contributed by atoms with Crippen LogP contribution in [0.3, 0.4) is 0 Å². The number of nitrogens with zero attached hydrogens (tertiary/aromatic N) is 1. The molecule has 0 saturated carbocycles. The molecule has 0 unspecified atom stereocenters. The number of hydrogen-bond acceptors (Lipinski definition) is 5. The van der Waals surface area contributed by atoms with E-state index in [1.807, 2.05) is 57.0 Å². The molecule has 0 atom stereocenters. The molecule has 1 aliphatic rings. The van der Waals surface area contributed by atoms with Gasteiger partial charge in [-0.15, -0.1) is 0 Å². The lowest BCUT2D eigenvalue weighted by Crippen LogP contribution is -2.38. The number of benzene rings is 1. The first-order valence-electron chi connectivity index (χ1n) is 10.2. The van der Waals surface area contributed by atoms with Gasteiger partial charge in [0, 0.05) is 23.2 Å². The highest BCUT2D eigenvalue weighted by atomic mass is 16.5. The van der Waals surface area contributed by atoms with Gasteiger partial charge in [0.2, 0.25) is 11.6 Å². The van der Waals surface area contributed by atoms with Crippen molar-refractivity contribution in [3.63, 3.8) is 0 Å². The van der Waals surface area contributed by atoms with E-state index in [-0.39, 0.29) is 6.61 Å². The molecule has 1 aliphatic carbocycles. The average Bonchev–Trinajstić information content (AvgIpc) is 2.68. The Balaban J connectivity index is 2.65. The van der Waals surface area contributed by atoms with E-state index >= 15 is 0 Å². The zero-order valence-electron chi connectivity index (χ0n) is 18.4. The van der Waals surface area contributed by atoms with Gasteiger partial charge in [0.15, 0.2) is 0 Å². The van der Waals surface area contributed by atoms with Gasteiger partial charge in [0.1, 0.15) is 11.5 Å². The zero-order valence-corrected chi connectivity index (χ0v) is 18.4. The van der Waals surface area contributed by atoms with E-state index in [1.165, 1.54) is 0 Å². The molecule has 1 aromatic carbocycles. The molecule has 0 amide bonds. The fraction of sp³-hybridized carbons (Fsp3) is 0.360. The summed E-state index contributed by atoms with van der Waals surface area (Å²) in [6.07, 6.45) is 5.01. The maximum Gasteiger partial charge on any atom is 0.234 e. The minimum Gasteiger partial charge on any atom is -0.460 e. The summed E-state index contributed by atoms with van der Waals surface area (Å²) in [6.45, 7) is 14.8. The van der Waals surface area contributed by atoms with E-state index in [0.29, 0.717) is 59.4 Å². The standard InChI is InChI=1S/C25H31NO4/c1-7-9-16(3)19-11-12-20-22(18(19)5)24(29)23(28)21(10-8-2)25(20)30-17(4)15-26(6)13-14-27/h7,9,11-12,27H,4-5,8,10,13-15H2,1-3,6H3/b9-7-,19-16-. The van der Waals surface area contributed by atoms with Crippen LogP contribution < -0.4 is 10.4 Å². The van der Waals surface area contributed by atoms with Crippen molar-refractivity contribution in [1.29, 1.82) is 0 Å². The Morgan fingerprint density at radius 3 is 2.57 bits per heavy atom. The summed E-state index contributed by atoms with van der Waals surface area (Å²) in [4.78, 5) is 27.8. The van der Waals surface area contributed by atoms with Gasteiger partial charge in [-0.3, -0.25) is 14.5 Å². The van der Waals surface area contributed by atoms with Crippen molar-refractivity contribution in [3.8, 4) is 0 Å². The normalized spacial score (nSPS) is 15.1. The first-order chi connectivity index (χ1) is 14.3. The maximum absolute atomic E-state index is 13.0. The summed E-state index contributed by atoms with van der Waals surface area (Å²) >= 11 is 0. The Hall–Kier alpha value is -2.76. The quantitative estimate of drug-likeness (QED) is 0.502. The Morgan fingerprint density at radius 2 is 1.97 bits per heavy atom. The second-order valence-corrected chi connectivity index (χ2v) is 7.52. The molecule has 0 fully saturated rings. The Kier molecular flexibility index (Phi) is 8.09. The van der Waals surface area contributed by atoms with E-state index in [1.54, 1.807) is 0 Å². The highest BCUT2D eigenvalue weighted by Crippen LogP contribution is 2.32. The van der Waals surface area contributed by atoms with Gasteiger partial charge < -0.3 is 9.84 Å². The van der Waals surface area contributed by atoms with Crippen LogP contribution in [0.4, 0.5) is 0 Å². The number of aliphatic hydroxyl groups is 1. The van der Waals surface area contributed by atoms with Gasteiger partial charge in [-0.25, -0.2) is 0 Å². The number of rotatable bonds is 9. The Bertz CT molecular complexity index is 1030. The average molecular weight is 410 g/mol. The molecule has 30 heavy (non-hydrogen) atoms. The fourth-order valence-electron chi connectivity index (χ4n) is 3.64. The van der Waals surface area contributed by atoms with Crippen molar-refractivity contribution in [2.75, 3.05) is 26.7 Å². The van der Waals surface area contributed by atoms with Crippen molar-refractivity contribution in [3.05, 3.63) is 63.8 Å². The molecule has 0 radical (unpaired) electrons. The molecule has 0 aromatic heterocycles. The van der Waals surface area contributed by atoms with E-state index in [0.717, 1.165) is 10.8 Å². The van der Waals surface area contributed by atoms with Crippen molar-refractivity contribution in [1.82, 2.24) is 4.90 Å². The number of carbonyl (C=O) groups is 2. The van der Waals surface area contributed by atoms with Crippen molar-refractivity contribution in [2.24, 2.45) is 0 Å². The Morgan fingerprint density at radius 1 is 1.27 bits per heavy atom. The lowest BCUT2D eigenvalue weighted by Gasteiger charge is -2.24. The van der Waals surface area contributed by atoms with Crippen molar-refractivity contribution >= 4 is 29.5 Å². The molecule has 0 bridgehead atoms.